The van der Waals surface area contributed by atoms with Crippen molar-refractivity contribution >= 4 is 0 Å². The Morgan fingerprint density at radius 2 is 1.50 bits per heavy atom. The molecule has 2 unspecified atom stereocenters. The Balaban J connectivity index is 4.50. The monoisotopic (exact) mass is 228 g/mol. The van der Waals surface area contributed by atoms with E-state index < -0.39 is 0 Å². The van der Waals surface area contributed by atoms with Crippen LogP contribution in [0.15, 0.2) is 0 Å². The molecule has 2 heteroatoms. The summed E-state index contributed by atoms with van der Waals surface area (Å²) in [4.78, 5) is 2.48. The highest BCUT2D eigenvalue weighted by Gasteiger charge is 2.31. The van der Waals surface area contributed by atoms with Gasteiger partial charge in [-0.3, -0.25) is 0 Å². The van der Waals surface area contributed by atoms with Gasteiger partial charge in [0, 0.05) is 18.6 Å². The van der Waals surface area contributed by atoms with Crippen molar-refractivity contribution in [2.45, 2.75) is 60.5 Å². The lowest BCUT2D eigenvalue weighted by Gasteiger charge is -2.42. The highest BCUT2D eigenvalue weighted by molar-refractivity contribution is 4.86. The first kappa shape index (κ1) is 15.9. The third-order valence-electron chi connectivity index (χ3n) is 4.18. The van der Waals surface area contributed by atoms with Crippen LogP contribution in [0, 0.1) is 10.8 Å². The van der Waals surface area contributed by atoms with Crippen molar-refractivity contribution in [3.8, 4) is 0 Å². The molecule has 0 saturated carbocycles. The molecule has 0 spiro atoms. The summed E-state index contributed by atoms with van der Waals surface area (Å²) in [5.74, 6) is 0. The molecule has 0 amide bonds. The molecule has 16 heavy (non-hydrogen) atoms. The molecule has 0 aliphatic carbocycles. The molecular formula is C14H32N2. The second-order valence-electron chi connectivity index (χ2n) is 6.96. The second-order valence-corrected chi connectivity index (χ2v) is 6.96. The quantitative estimate of drug-likeness (QED) is 0.778. The van der Waals surface area contributed by atoms with Gasteiger partial charge in [-0.1, -0.05) is 34.6 Å². The van der Waals surface area contributed by atoms with Crippen LogP contribution in [0.1, 0.15) is 48.5 Å². The summed E-state index contributed by atoms with van der Waals surface area (Å²) in [6, 6.07) is 1.12. The van der Waals surface area contributed by atoms with Crippen molar-refractivity contribution in [1.82, 2.24) is 10.2 Å². The Morgan fingerprint density at radius 3 is 1.81 bits per heavy atom. The first-order valence-corrected chi connectivity index (χ1v) is 6.40. The topological polar surface area (TPSA) is 15.3 Å². The molecule has 0 rings (SSSR count). The standard InChI is InChI=1S/C14H32N2/c1-11(15-8)14(6,7)10-16(9)12(2)13(3,4)5/h11-12,15H,10H2,1-9H3. The minimum Gasteiger partial charge on any atom is -0.317 e. The van der Waals surface area contributed by atoms with Gasteiger partial charge in [0.15, 0.2) is 0 Å². The van der Waals surface area contributed by atoms with E-state index in [-0.39, 0.29) is 0 Å². The average molecular weight is 228 g/mol. The van der Waals surface area contributed by atoms with Crippen LogP contribution in [-0.4, -0.2) is 37.6 Å². The van der Waals surface area contributed by atoms with E-state index in [4.69, 9.17) is 0 Å². The molecule has 1 N–H and O–H groups in total. The predicted molar refractivity (Wildman–Crippen MR) is 73.8 cm³/mol. The fourth-order valence-electron chi connectivity index (χ4n) is 1.97. The smallest absolute Gasteiger partial charge is 0.0113 e. The van der Waals surface area contributed by atoms with Crippen LogP contribution in [0.25, 0.3) is 0 Å². The maximum atomic E-state index is 3.36. The average Bonchev–Trinajstić information content (AvgIpc) is 2.12. The maximum Gasteiger partial charge on any atom is 0.0113 e. The summed E-state index contributed by atoms with van der Waals surface area (Å²) in [6.07, 6.45) is 0. The number of hydrogen-bond acceptors (Lipinski definition) is 2. The van der Waals surface area contributed by atoms with Gasteiger partial charge in [-0.2, -0.15) is 0 Å². The Hall–Kier alpha value is -0.0800. The molecular weight excluding hydrogens is 196 g/mol. The predicted octanol–water partition coefficient (Wildman–Crippen LogP) is 2.99. The largest absolute Gasteiger partial charge is 0.317 e. The molecule has 0 heterocycles. The fraction of sp³-hybridized carbons (Fsp3) is 1.00. The summed E-state index contributed by atoms with van der Waals surface area (Å²) in [5, 5.41) is 3.36. The molecule has 0 saturated heterocycles. The number of nitrogens with one attached hydrogen (secondary N) is 1. The van der Waals surface area contributed by atoms with E-state index in [1.807, 2.05) is 7.05 Å². The summed E-state index contributed by atoms with van der Waals surface area (Å²) >= 11 is 0. The number of rotatable bonds is 5. The van der Waals surface area contributed by atoms with Crippen molar-refractivity contribution in [2.24, 2.45) is 10.8 Å². The molecule has 0 aliphatic heterocycles. The number of hydrogen-bond donors (Lipinski definition) is 1. The van der Waals surface area contributed by atoms with E-state index >= 15 is 0 Å². The summed E-state index contributed by atoms with van der Waals surface area (Å²) in [5.41, 5.74) is 0.636. The Morgan fingerprint density at radius 1 is 1.06 bits per heavy atom. The molecule has 0 aromatic carbocycles. The van der Waals surface area contributed by atoms with E-state index in [0.717, 1.165) is 6.54 Å². The molecule has 0 aromatic rings. The van der Waals surface area contributed by atoms with Crippen LogP contribution < -0.4 is 5.32 Å². The van der Waals surface area contributed by atoms with Crippen LogP contribution in [0.4, 0.5) is 0 Å². The normalized spacial score (nSPS) is 17.6. The van der Waals surface area contributed by atoms with Gasteiger partial charge >= 0.3 is 0 Å². The van der Waals surface area contributed by atoms with Gasteiger partial charge in [-0.05, 0) is 38.8 Å². The summed E-state index contributed by atoms with van der Waals surface area (Å²) < 4.78 is 0. The highest BCUT2D eigenvalue weighted by Crippen LogP contribution is 2.27. The summed E-state index contributed by atoms with van der Waals surface area (Å²) in [6.45, 7) is 17.3. The van der Waals surface area contributed by atoms with Crippen molar-refractivity contribution in [2.75, 3.05) is 20.6 Å². The van der Waals surface area contributed by atoms with Crippen molar-refractivity contribution in [3.05, 3.63) is 0 Å². The van der Waals surface area contributed by atoms with E-state index in [1.165, 1.54) is 0 Å². The molecule has 0 fully saturated rings. The molecule has 0 aliphatic rings. The van der Waals surface area contributed by atoms with Gasteiger partial charge in [0.25, 0.3) is 0 Å². The van der Waals surface area contributed by atoms with Crippen molar-refractivity contribution in [1.29, 1.82) is 0 Å². The summed E-state index contributed by atoms with van der Waals surface area (Å²) in [7, 11) is 4.28. The fourth-order valence-corrected chi connectivity index (χ4v) is 1.97. The Labute approximate surface area is 103 Å². The molecule has 0 aromatic heterocycles. The van der Waals surface area contributed by atoms with Crippen LogP contribution in [0.3, 0.4) is 0 Å². The second kappa shape index (κ2) is 5.50. The maximum absolute atomic E-state index is 3.36. The third-order valence-corrected chi connectivity index (χ3v) is 4.18. The molecule has 2 nitrogen and oxygen atoms in total. The van der Waals surface area contributed by atoms with Gasteiger partial charge < -0.3 is 10.2 Å². The lowest BCUT2D eigenvalue weighted by molar-refractivity contribution is 0.0842. The third kappa shape index (κ3) is 4.42. The molecule has 98 valence electrons. The van der Waals surface area contributed by atoms with Gasteiger partial charge in [0.2, 0.25) is 0 Å². The van der Waals surface area contributed by atoms with Crippen LogP contribution >= 0.6 is 0 Å². The molecule has 0 radical (unpaired) electrons. The van der Waals surface area contributed by atoms with Gasteiger partial charge in [0.1, 0.15) is 0 Å². The van der Waals surface area contributed by atoms with E-state index in [2.05, 4.69) is 65.7 Å². The zero-order chi connectivity index (χ0) is 13.1. The van der Waals surface area contributed by atoms with E-state index in [9.17, 15) is 0 Å². The van der Waals surface area contributed by atoms with Crippen LogP contribution in [-0.2, 0) is 0 Å². The lowest BCUT2D eigenvalue weighted by Crippen LogP contribution is -2.49. The minimum atomic E-state index is 0.295. The van der Waals surface area contributed by atoms with Crippen LogP contribution in [0.5, 0.6) is 0 Å². The van der Waals surface area contributed by atoms with E-state index in [0.29, 0.717) is 22.9 Å². The molecule has 2 atom stereocenters. The SMILES string of the molecule is CNC(C)C(C)(C)CN(C)C(C)C(C)(C)C. The van der Waals surface area contributed by atoms with Crippen molar-refractivity contribution in [3.63, 3.8) is 0 Å². The Kier molecular flexibility index (Phi) is 5.48. The van der Waals surface area contributed by atoms with Crippen LogP contribution in [0.2, 0.25) is 0 Å². The zero-order valence-electron chi connectivity index (χ0n) is 12.8. The van der Waals surface area contributed by atoms with E-state index in [1.54, 1.807) is 0 Å². The lowest BCUT2D eigenvalue weighted by atomic mass is 9.82. The zero-order valence-corrected chi connectivity index (χ0v) is 12.8. The van der Waals surface area contributed by atoms with Crippen molar-refractivity contribution < 1.29 is 0 Å². The Bertz CT molecular complexity index is 203. The first-order valence-electron chi connectivity index (χ1n) is 6.40. The minimum absolute atomic E-state index is 0.295. The van der Waals surface area contributed by atoms with Gasteiger partial charge in [-0.15, -0.1) is 0 Å². The first-order chi connectivity index (χ1) is 7.02. The molecule has 0 bridgehead atoms. The van der Waals surface area contributed by atoms with Gasteiger partial charge in [0.05, 0.1) is 0 Å². The highest BCUT2D eigenvalue weighted by atomic mass is 15.1. The van der Waals surface area contributed by atoms with Gasteiger partial charge in [-0.25, -0.2) is 0 Å². The number of nitrogens with zero attached hydrogens (tertiary/aromatic N) is 1.